The first-order valence-electron chi connectivity index (χ1n) is 9.56. The molecule has 0 aliphatic rings. The molecule has 0 radical (unpaired) electrons. The monoisotopic (exact) mass is 568 g/mol. The second-order valence-corrected chi connectivity index (χ2v) is 9.87. The van der Waals surface area contributed by atoms with E-state index in [0.29, 0.717) is 12.1 Å². The molecule has 18 nitrogen and oxygen atoms in total. The van der Waals surface area contributed by atoms with Gasteiger partial charge in [0, 0.05) is 12.1 Å². The van der Waals surface area contributed by atoms with Crippen LogP contribution in [0.3, 0.4) is 0 Å². The van der Waals surface area contributed by atoms with Crippen molar-refractivity contribution in [3.05, 3.63) is 99.9 Å². The van der Waals surface area contributed by atoms with E-state index in [0.717, 1.165) is 36.4 Å². The summed E-state index contributed by atoms with van der Waals surface area (Å²) in [5.41, 5.74) is -0.365. The molecule has 0 aliphatic heterocycles. The molecule has 20 heteroatoms. The summed E-state index contributed by atoms with van der Waals surface area (Å²) in [6.45, 7) is 0. The number of benzene rings is 3. The standard InChI is InChI=1S/C18H12N6O12S2/c25-16-6-5-13(21-19-11-3-1-9(37(31,32)33)7-14(11)23(27)28)18(26)17(16)22-20-12-4-2-10(38(34,35)36)8-15(12)24(29)30/h1-8,19-20H,(H,31,32,33)(H,34,35,36)/b21-13+,22-17-. The SMILES string of the molecule is O=c1cc/c(=N\Nc2ccc(S(=O)(=O)O)cc2[N+](=O)[O-])c(=O)/c1=N\Nc1ccc(S(=O)(=O)O)cc1[N+](=O)[O-]. The molecule has 3 aromatic rings. The predicted octanol–water partition coefficient (Wildman–Crippen LogP) is -0.552. The molecular weight excluding hydrogens is 556 g/mol. The number of nitrogens with zero attached hydrogens (tertiary/aromatic N) is 4. The summed E-state index contributed by atoms with van der Waals surface area (Å²) in [6.07, 6.45) is 0. The molecule has 0 saturated heterocycles. The molecule has 38 heavy (non-hydrogen) atoms. The van der Waals surface area contributed by atoms with Crippen molar-refractivity contribution >= 4 is 43.0 Å². The number of anilines is 2. The zero-order chi connectivity index (χ0) is 28.4. The van der Waals surface area contributed by atoms with Gasteiger partial charge in [0.05, 0.1) is 9.85 Å². The van der Waals surface area contributed by atoms with Crippen LogP contribution in [0.25, 0.3) is 0 Å². The number of rotatable bonds is 8. The van der Waals surface area contributed by atoms with Gasteiger partial charge in [-0.2, -0.15) is 27.0 Å². The normalized spacial score (nSPS) is 12.8. The Morgan fingerprint density at radius 3 is 1.58 bits per heavy atom. The van der Waals surface area contributed by atoms with Gasteiger partial charge in [-0.3, -0.25) is 49.8 Å². The lowest BCUT2D eigenvalue weighted by Crippen LogP contribution is -2.48. The Kier molecular flexibility index (Phi) is 7.44. The minimum absolute atomic E-state index is 0.390. The Bertz CT molecular complexity index is 1930. The summed E-state index contributed by atoms with van der Waals surface area (Å²) in [4.78, 5) is 43.8. The highest BCUT2D eigenvalue weighted by molar-refractivity contribution is 7.86. The highest BCUT2D eigenvalue weighted by atomic mass is 32.2. The second-order valence-electron chi connectivity index (χ2n) is 7.03. The van der Waals surface area contributed by atoms with Crippen LogP contribution < -0.4 is 32.4 Å². The van der Waals surface area contributed by atoms with Crippen LogP contribution in [-0.4, -0.2) is 35.8 Å². The van der Waals surface area contributed by atoms with E-state index < -0.39 is 78.5 Å². The summed E-state index contributed by atoms with van der Waals surface area (Å²) >= 11 is 0. The van der Waals surface area contributed by atoms with Crippen LogP contribution in [0.5, 0.6) is 0 Å². The van der Waals surface area contributed by atoms with Gasteiger partial charge in [0.2, 0.25) is 10.9 Å². The van der Waals surface area contributed by atoms with Crippen LogP contribution in [-0.2, 0) is 20.2 Å². The third-order valence-corrected chi connectivity index (χ3v) is 6.29. The van der Waals surface area contributed by atoms with Crippen LogP contribution in [0, 0.1) is 20.2 Å². The lowest BCUT2D eigenvalue weighted by molar-refractivity contribution is -0.384. The number of nitro groups is 2. The fourth-order valence-corrected chi connectivity index (χ4v) is 3.81. The summed E-state index contributed by atoms with van der Waals surface area (Å²) in [6, 6.07) is 6.18. The van der Waals surface area contributed by atoms with Gasteiger partial charge in [0.1, 0.15) is 26.5 Å². The Balaban J connectivity index is 2.05. The minimum atomic E-state index is -4.78. The topological polar surface area (TPSA) is 278 Å². The lowest BCUT2D eigenvalue weighted by Gasteiger charge is -2.04. The van der Waals surface area contributed by atoms with Crippen molar-refractivity contribution in [1.29, 1.82) is 0 Å². The molecule has 0 spiro atoms. The summed E-state index contributed by atoms with van der Waals surface area (Å²) in [7, 11) is -9.53. The summed E-state index contributed by atoms with van der Waals surface area (Å²) in [5.74, 6) is 0. The van der Waals surface area contributed by atoms with Gasteiger partial charge in [-0.1, -0.05) is 0 Å². The van der Waals surface area contributed by atoms with Crippen LogP contribution in [0.4, 0.5) is 22.7 Å². The highest BCUT2D eigenvalue weighted by Gasteiger charge is 2.21. The number of nitro benzene ring substituents is 2. The Morgan fingerprint density at radius 1 is 0.711 bits per heavy atom. The van der Waals surface area contributed by atoms with Gasteiger partial charge in [-0.15, -0.1) is 0 Å². The first kappa shape index (κ1) is 27.7. The zero-order valence-corrected chi connectivity index (χ0v) is 19.8. The van der Waals surface area contributed by atoms with E-state index in [-0.39, 0.29) is 5.69 Å². The molecule has 0 saturated carbocycles. The van der Waals surface area contributed by atoms with Crippen LogP contribution >= 0.6 is 0 Å². The van der Waals surface area contributed by atoms with E-state index in [9.17, 15) is 46.7 Å². The molecule has 3 aromatic carbocycles. The Morgan fingerprint density at radius 2 is 1.16 bits per heavy atom. The third kappa shape index (κ3) is 6.07. The lowest BCUT2D eigenvalue weighted by atomic mass is 10.3. The minimum Gasteiger partial charge on any atom is -0.287 e. The fourth-order valence-electron chi connectivity index (χ4n) is 2.81. The first-order chi connectivity index (χ1) is 17.6. The molecule has 0 bridgehead atoms. The predicted molar refractivity (Wildman–Crippen MR) is 126 cm³/mol. The molecule has 198 valence electrons. The maximum Gasteiger partial charge on any atom is 0.295 e. The molecule has 0 amide bonds. The largest absolute Gasteiger partial charge is 0.295 e. The van der Waals surface area contributed by atoms with Crippen molar-refractivity contribution < 1.29 is 35.8 Å². The van der Waals surface area contributed by atoms with Gasteiger partial charge in [-0.05, 0) is 36.4 Å². The molecule has 4 N–H and O–H groups in total. The quantitative estimate of drug-likeness (QED) is 0.151. The summed E-state index contributed by atoms with van der Waals surface area (Å²) < 4.78 is 63.0. The molecular formula is C18H12N6O12S2. The average Bonchev–Trinajstić information content (AvgIpc) is 2.82. The van der Waals surface area contributed by atoms with Crippen LogP contribution in [0.15, 0.2) is 78.1 Å². The van der Waals surface area contributed by atoms with Crippen LogP contribution in [0.1, 0.15) is 0 Å². The van der Waals surface area contributed by atoms with Crippen molar-refractivity contribution in [1.82, 2.24) is 0 Å². The Hall–Kier alpha value is -4.92. The number of hydrogen-bond acceptors (Lipinski definition) is 14. The van der Waals surface area contributed by atoms with Gasteiger partial charge in [0.25, 0.3) is 31.6 Å². The van der Waals surface area contributed by atoms with E-state index in [1.165, 1.54) is 0 Å². The van der Waals surface area contributed by atoms with E-state index in [2.05, 4.69) is 21.1 Å². The maximum atomic E-state index is 12.7. The number of nitrogens with one attached hydrogen (secondary N) is 2. The highest BCUT2D eigenvalue weighted by Crippen LogP contribution is 2.28. The smallest absolute Gasteiger partial charge is 0.287 e. The molecule has 0 fully saturated rings. The molecule has 0 heterocycles. The van der Waals surface area contributed by atoms with E-state index in [1.54, 1.807) is 0 Å². The second kappa shape index (κ2) is 10.2. The van der Waals surface area contributed by atoms with Gasteiger partial charge < -0.3 is 0 Å². The molecule has 0 unspecified atom stereocenters. The fraction of sp³-hybridized carbons (Fsp3) is 0. The van der Waals surface area contributed by atoms with Gasteiger partial charge >= 0.3 is 0 Å². The maximum absolute atomic E-state index is 12.7. The van der Waals surface area contributed by atoms with Crippen LogP contribution in [0.2, 0.25) is 0 Å². The van der Waals surface area contributed by atoms with Crippen molar-refractivity contribution in [2.24, 2.45) is 10.2 Å². The van der Waals surface area contributed by atoms with E-state index in [1.807, 2.05) is 0 Å². The van der Waals surface area contributed by atoms with E-state index in [4.69, 9.17) is 9.11 Å². The van der Waals surface area contributed by atoms with Gasteiger partial charge in [0.15, 0.2) is 5.36 Å². The first-order valence-corrected chi connectivity index (χ1v) is 12.4. The number of hydrogen-bond donors (Lipinski definition) is 4. The average molecular weight is 568 g/mol. The zero-order valence-electron chi connectivity index (χ0n) is 18.2. The van der Waals surface area contributed by atoms with E-state index >= 15 is 0 Å². The molecule has 0 aliphatic carbocycles. The third-order valence-electron chi connectivity index (χ3n) is 4.59. The van der Waals surface area contributed by atoms with Crippen molar-refractivity contribution in [2.45, 2.75) is 9.79 Å². The molecule has 0 atom stereocenters. The van der Waals surface area contributed by atoms with Crippen molar-refractivity contribution in [3.63, 3.8) is 0 Å². The van der Waals surface area contributed by atoms with Crippen molar-refractivity contribution in [3.8, 4) is 0 Å². The van der Waals surface area contributed by atoms with Gasteiger partial charge in [-0.25, -0.2) is 0 Å². The molecule has 3 rings (SSSR count). The molecule has 0 aromatic heterocycles. The summed E-state index contributed by atoms with van der Waals surface area (Å²) in [5, 5.41) is 28.4. The van der Waals surface area contributed by atoms with Crippen molar-refractivity contribution in [2.75, 3.05) is 10.9 Å². The Labute approximate surface area is 209 Å².